The highest BCUT2D eigenvalue weighted by Gasteiger charge is 2.18. The summed E-state index contributed by atoms with van der Waals surface area (Å²) in [4.78, 5) is 24.9. The van der Waals surface area contributed by atoms with E-state index in [4.69, 9.17) is 9.47 Å². The molecule has 0 spiro atoms. The Morgan fingerprint density at radius 2 is 1.72 bits per heavy atom. The second-order valence-electron chi connectivity index (χ2n) is 5.04. The van der Waals surface area contributed by atoms with E-state index in [2.05, 4.69) is 17.2 Å². The molecule has 0 aliphatic heterocycles. The fourth-order valence-corrected chi connectivity index (χ4v) is 2.31. The van der Waals surface area contributed by atoms with Crippen molar-refractivity contribution in [1.29, 1.82) is 0 Å². The molecule has 25 heavy (non-hydrogen) atoms. The molecule has 6 nitrogen and oxygen atoms in total. The van der Waals surface area contributed by atoms with Crippen LogP contribution in [-0.4, -0.2) is 32.6 Å². The summed E-state index contributed by atoms with van der Waals surface area (Å²) in [6, 6.07) is 11.8. The van der Waals surface area contributed by atoms with Gasteiger partial charge in [0.15, 0.2) is 11.5 Å². The van der Waals surface area contributed by atoms with Gasteiger partial charge in [0.05, 0.1) is 31.0 Å². The molecule has 0 unspecified atom stereocenters. The van der Waals surface area contributed by atoms with Gasteiger partial charge in [-0.2, -0.15) is 0 Å². The number of anilines is 1. The van der Waals surface area contributed by atoms with Crippen LogP contribution in [-0.2, 0) is 0 Å². The van der Waals surface area contributed by atoms with Crippen molar-refractivity contribution in [2.75, 3.05) is 26.1 Å². The maximum absolute atomic E-state index is 12.7. The SMILES string of the molecule is C=CCNC(=O)c1ccccc1NC(=O)c1cccc(OC)c1OC. The molecule has 0 fully saturated rings. The Hall–Kier alpha value is -3.28. The van der Waals surface area contributed by atoms with Gasteiger partial charge in [0.25, 0.3) is 11.8 Å². The van der Waals surface area contributed by atoms with Crippen molar-refractivity contribution in [2.24, 2.45) is 0 Å². The fraction of sp³-hybridized carbons (Fsp3) is 0.158. The Morgan fingerprint density at radius 1 is 1.00 bits per heavy atom. The van der Waals surface area contributed by atoms with Gasteiger partial charge in [0.2, 0.25) is 0 Å². The van der Waals surface area contributed by atoms with E-state index in [-0.39, 0.29) is 5.91 Å². The highest BCUT2D eigenvalue weighted by Crippen LogP contribution is 2.31. The van der Waals surface area contributed by atoms with Crippen molar-refractivity contribution in [3.05, 3.63) is 66.2 Å². The van der Waals surface area contributed by atoms with E-state index in [1.165, 1.54) is 14.2 Å². The van der Waals surface area contributed by atoms with Gasteiger partial charge in [-0.15, -0.1) is 6.58 Å². The fourth-order valence-electron chi connectivity index (χ4n) is 2.31. The molecule has 0 atom stereocenters. The number of para-hydroxylation sites is 2. The first-order valence-corrected chi connectivity index (χ1v) is 7.62. The first kappa shape index (κ1) is 18.1. The van der Waals surface area contributed by atoms with Crippen molar-refractivity contribution in [3.63, 3.8) is 0 Å². The molecule has 2 N–H and O–H groups in total. The molecule has 0 bridgehead atoms. The van der Waals surface area contributed by atoms with E-state index in [1.54, 1.807) is 48.5 Å². The second-order valence-corrected chi connectivity index (χ2v) is 5.04. The monoisotopic (exact) mass is 340 g/mol. The molecular formula is C19H20N2O4. The standard InChI is InChI=1S/C19H20N2O4/c1-4-12-20-18(22)13-8-5-6-10-15(13)21-19(23)14-9-7-11-16(24-2)17(14)25-3/h4-11H,1,12H2,2-3H3,(H,20,22)(H,21,23). The zero-order valence-corrected chi connectivity index (χ0v) is 14.2. The third kappa shape index (κ3) is 4.17. The van der Waals surface area contributed by atoms with Crippen molar-refractivity contribution in [2.45, 2.75) is 0 Å². The van der Waals surface area contributed by atoms with Crippen molar-refractivity contribution in [3.8, 4) is 11.5 Å². The van der Waals surface area contributed by atoms with E-state index in [0.717, 1.165) is 0 Å². The van der Waals surface area contributed by atoms with Gasteiger partial charge in [-0.1, -0.05) is 24.3 Å². The van der Waals surface area contributed by atoms with Crippen molar-refractivity contribution < 1.29 is 19.1 Å². The molecule has 0 aliphatic rings. The van der Waals surface area contributed by atoms with Gasteiger partial charge in [-0.25, -0.2) is 0 Å². The summed E-state index contributed by atoms with van der Waals surface area (Å²) in [5.74, 6) is 0.0800. The molecule has 0 aliphatic carbocycles. The molecule has 6 heteroatoms. The number of carbonyl (C=O) groups excluding carboxylic acids is 2. The van der Waals surface area contributed by atoms with Crippen LogP contribution in [0.3, 0.4) is 0 Å². The maximum atomic E-state index is 12.7. The van der Waals surface area contributed by atoms with Crippen LogP contribution in [0.5, 0.6) is 11.5 Å². The van der Waals surface area contributed by atoms with Gasteiger partial charge in [-0.3, -0.25) is 9.59 Å². The highest BCUT2D eigenvalue weighted by atomic mass is 16.5. The summed E-state index contributed by atoms with van der Waals surface area (Å²) < 4.78 is 10.5. The number of amides is 2. The lowest BCUT2D eigenvalue weighted by molar-refractivity contribution is 0.0959. The summed E-state index contributed by atoms with van der Waals surface area (Å²) >= 11 is 0. The van der Waals surface area contributed by atoms with Gasteiger partial charge >= 0.3 is 0 Å². The van der Waals surface area contributed by atoms with Crippen LogP contribution in [0.15, 0.2) is 55.1 Å². The summed E-state index contributed by atoms with van der Waals surface area (Å²) in [7, 11) is 2.96. The molecule has 130 valence electrons. The molecule has 0 radical (unpaired) electrons. The molecule has 2 aromatic rings. The second kappa shape index (κ2) is 8.54. The van der Waals surface area contributed by atoms with Crippen molar-refractivity contribution in [1.82, 2.24) is 5.32 Å². The van der Waals surface area contributed by atoms with Crippen LogP contribution in [0.25, 0.3) is 0 Å². The quantitative estimate of drug-likeness (QED) is 0.760. The number of ether oxygens (including phenoxy) is 2. The minimum atomic E-state index is -0.403. The van der Waals surface area contributed by atoms with Gasteiger partial charge in [0.1, 0.15) is 0 Å². The van der Waals surface area contributed by atoms with Crippen LogP contribution in [0.2, 0.25) is 0 Å². The third-order valence-corrected chi connectivity index (χ3v) is 3.47. The largest absolute Gasteiger partial charge is 0.493 e. The van der Waals surface area contributed by atoms with Gasteiger partial charge < -0.3 is 20.1 Å². The average Bonchev–Trinajstić information content (AvgIpc) is 2.65. The minimum absolute atomic E-state index is 0.298. The Kier molecular flexibility index (Phi) is 6.17. The predicted octanol–water partition coefficient (Wildman–Crippen LogP) is 2.87. The normalized spacial score (nSPS) is 9.84. The smallest absolute Gasteiger partial charge is 0.259 e. The first-order chi connectivity index (χ1) is 12.1. The summed E-state index contributed by atoms with van der Waals surface area (Å²) in [5, 5.41) is 5.44. The van der Waals surface area contributed by atoms with Crippen LogP contribution in [0.1, 0.15) is 20.7 Å². The third-order valence-electron chi connectivity index (χ3n) is 3.47. The number of rotatable bonds is 7. The lowest BCUT2D eigenvalue weighted by atomic mass is 10.1. The number of methoxy groups -OCH3 is 2. The van der Waals surface area contributed by atoms with Crippen LogP contribution in [0, 0.1) is 0 Å². The zero-order valence-electron chi connectivity index (χ0n) is 14.2. The summed E-state index contributed by atoms with van der Waals surface area (Å²) in [5.41, 5.74) is 1.07. The topological polar surface area (TPSA) is 76.7 Å². The van der Waals surface area contributed by atoms with E-state index >= 15 is 0 Å². The Balaban J connectivity index is 2.30. The molecule has 0 saturated carbocycles. The van der Waals surface area contributed by atoms with E-state index in [1.807, 2.05) is 0 Å². The number of carbonyl (C=O) groups is 2. The van der Waals surface area contributed by atoms with Crippen LogP contribution in [0.4, 0.5) is 5.69 Å². The molecule has 0 aromatic heterocycles. The Bertz CT molecular complexity index is 787. The van der Waals surface area contributed by atoms with Crippen LogP contribution < -0.4 is 20.1 Å². The van der Waals surface area contributed by atoms with Crippen molar-refractivity contribution >= 4 is 17.5 Å². The number of nitrogens with one attached hydrogen (secondary N) is 2. The number of hydrogen-bond donors (Lipinski definition) is 2. The zero-order chi connectivity index (χ0) is 18.2. The maximum Gasteiger partial charge on any atom is 0.259 e. The molecular weight excluding hydrogens is 320 g/mol. The molecule has 0 saturated heterocycles. The lowest BCUT2D eigenvalue weighted by Gasteiger charge is -2.14. The first-order valence-electron chi connectivity index (χ1n) is 7.62. The summed E-state index contributed by atoms with van der Waals surface area (Å²) in [6.45, 7) is 3.90. The summed E-state index contributed by atoms with van der Waals surface area (Å²) in [6.07, 6.45) is 1.58. The van der Waals surface area contributed by atoms with E-state index in [9.17, 15) is 9.59 Å². The van der Waals surface area contributed by atoms with Gasteiger partial charge in [0, 0.05) is 6.54 Å². The molecule has 0 heterocycles. The van der Waals surface area contributed by atoms with Gasteiger partial charge in [-0.05, 0) is 24.3 Å². The number of hydrogen-bond acceptors (Lipinski definition) is 4. The Labute approximate surface area is 146 Å². The minimum Gasteiger partial charge on any atom is -0.493 e. The van der Waals surface area contributed by atoms with E-state index < -0.39 is 5.91 Å². The highest BCUT2D eigenvalue weighted by molar-refractivity contribution is 6.10. The lowest BCUT2D eigenvalue weighted by Crippen LogP contribution is -2.25. The Morgan fingerprint density at radius 3 is 2.40 bits per heavy atom. The van der Waals surface area contributed by atoms with E-state index in [0.29, 0.717) is 34.9 Å². The molecule has 2 aromatic carbocycles. The van der Waals surface area contributed by atoms with Crippen LogP contribution >= 0.6 is 0 Å². The predicted molar refractivity (Wildman–Crippen MR) is 96.5 cm³/mol. The molecule has 2 rings (SSSR count). The number of benzene rings is 2. The average molecular weight is 340 g/mol. The molecule has 2 amide bonds.